The maximum absolute atomic E-state index is 12.9. The number of nitrogens with zero attached hydrogens (tertiary/aromatic N) is 1. The molecule has 0 aliphatic carbocycles. The van der Waals surface area contributed by atoms with E-state index >= 15 is 0 Å². The molecule has 5 nitrogen and oxygen atoms in total. The van der Waals surface area contributed by atoms with E-state index in [0.717, 1.165) is 12.1 Å². The highest BCUT2D eigenvalue weighted by Gasteiger charge is 2.38. The largest absolute Gasteiger partial charge is 0.390 e. The summed E-state index contributed by atoms with van der Waals surface area (Å²) in [7, 11) is 0. The van der Waals surface area contributed by atoms with Crippen molar-refractivity contribution in [2.24, 2.45) is 5.73 Å². The Bertz CT molecular complexity index is 369. The van der Waals surface area contributed by atoms with Crippen LogP contribution in [0.4, 0.5) is 13.8 Å². The highest BCUT2D eigenvalue weighted by atomic mass is 32.1. The van der Waals surface area contributed by atoms with Crippen LogP contribution in [0, 0.1) is 10.1 Å². The molecule has 3 N–H and O–H groups in total. The van der Waals surface area contributed by atoms with Gasteiger partial charge in [-0.1, -0.05) is 11.3 Å². The van der Waals surface area contributed by atoms with Crippen LogP contribution >= 0.6 is 11.3 Å². The van der Waals surface area contributed by atoms with Gasteiger partial charge in [-0.3, -0.25) is 10.1 Å². The van der Waals surface area contributed by atoms with E-state index in [9.17, 15) is 18.9 Å². The van der Waals surface area contributed by atoms with Crippen molar-refractivity contribution in [1.82, 2.24) is 0 Å². The van der Waals surface area contributed by atoms with E-state index in [4.69, 9.17) is 10.8 Å². The van der Waals surface area contributed by atoms with Gasteiger partial charge in [0.05, 0.1) is 4.92 Å². The smallest absolute Gasteiger partial charge is 0.324 e. The minimum atomic E-state index is -3.47. The molecule has 1 heterocycles. The van der Waals surface area contributed by atoms with E-state index in [-0.39, 0.29) is 9.88 Å². The number of nitrogens with two attached hydrogens (primary N) is 1. The summed E-state index contributed by atoms with van der Waals surface area (Å²) in [6.45, 7) is -1.39. The van der Waals surface area contributed by atoms with E-state index < -0.39 is 23.5 Å². The maximum Gasteiger partial charge on any atom is 0.324 e. The number of aliphatic hydroxyl groups is 1. The topological polar surface area (TPSA) is 89.4 Å². The SMILES string of the molecule is N[C@H](c1ccc([N+](=O)[O-])s1)C(F)(F)CO. The van der Waals surface area contributed by atoms with Crippen molar-refractivity contribution < 1.29 is 18.8 Å². The van der Waals surface area contributed by atoms with Gasteiger partial charge in [-0.05, 0) is 6.07 Å². The average Bonchev–Trinajstić information content (AvgIpc) is 2.65. The van der Waals surface area contributed by atoms with Crippen molar-refractivity contribution in [2.45, 2.75) is 12.0 Å². The first-order valence-corrected chi connectivity index (χ1v) is 4.68. The summed E-state index contributed by atoms with van der Waals surface area (Å²) < 4.78 is 25.8. The quantitative estimate of drug-likeness (QED) is 0.610. The molecule has 1 aromatic rings. The van der Waals surface area contributed by atoms with Crippen molar-refractivity contribution in [3.63, 3.8) is 0 Å². The van der Waals surface area contributed by atoms with Gasteiger partial charge in [0.15, 0.2) is 0 Å². The minimum Gasteiger partial charge on any atom is -0.390 e. The van der Waals surface area contributed by atoms with Crippen molar-refractivity contribution in [3.8, 4) is 0 Å². The molecule has 0 saturated carbocycles. The molecule has 0 saturated heterocycles. The molecular formula is C7H8F2N2O3S. The summed E-state index contributed by atoms with van der Waals surface area (Å²) in [5, 5.41) is 18.4. The number of thiophene rings is 1. The zero-order chi connectivity index (χ0) is 11.6. The number of hydrogen-bond donors (Lipinski definition) is 2. The number of aliphatic hydroxyl groups excluding tert-OH is 1. The fourth-order valence-electron chi connectivity index (χ4n) is 0.914. The van der Waals surface area contributed by atoms with Crippen molar-refractivity contribution in [2.75, 3.05) is 6.61 Å². The second-order valence-electron chi connectivity index (χ2n) is 2.83. The van der Waals surface area contributed by atoms with Gasteiger partial charge in [0, 0.05) is 10.9 Å². The third-order valence-electron chi connectivity index (χ3n) is 1.76. The van der Waals surface area contributed by atoms with Crippen LogP contribution in [0.1, 0.15) is 10.9 Å². The first kappa shape index (κ1) is 12.0. The molecule has 84 valence electrons. The van der Waals surface area contributed by atoms with Crippen LogP contribution < -0.4 is 5.73 Å². The molecule has 8 heteroatoms. The predicted molar refractivity (Wildman–Crippen MR) is 49.9 cm³/mol. The Hall–Kier alpha value is -1.12. The third-order valence-corrected chi connectivity index (χ3v) is 2.88. The molecule has 15 heavy (non-hydrogen) atoms. The molecular weight excluding hydrogens is 230 g/mol. The molecule has 1 atom stereocenters. The first-order chi connectivity index (χ1) is 6.88. The van der Waals surface area contributed by atoms with Gasteiger partial charge in [0.25, 0.3) is 5.92 Å². The van der Waals surface area contributed by atoms with Crippen molar-refractivity contribution in [3.05, 3.63) is 27.1 Å². The van der Waals surface area contributed by atoms with Crippen molar-refractivity contribution >= 4 is 16.3 Å². The van der Waals surface area contributed by atoms with Crippen LogP contribution in [0.3, 0.4) is 0 Å². The lowest BCUT2D eigenvalue weighted by Gasteiger charge is -2.19. The molecule has 0 spiro atoms. The second-order valence-corrected chi connectivity index (χ2v) is 3.92. The number of rotatable bonds is 4. The summed E-state index contributed by atoms with van der Waals surface area (Å²) in [6, 6.07) is 0.547. The molecule has 1 rings (SSSR count). The number of nitro groups is 1. The summed E-state index contributed by atoms with van der Waals surface area (Å²) in [5.74, 6) is -3.47. The van der Waals surface area contributed by atoms with E-state index in [0.29, 0.717) is 11.3 Å². The molecule has 0 radical (unpaired) electrons. The zero-order valence-corrected chi connectivity index (χ0v) is 8.21. The number of halogens is 2. The van der Waals surface area contributed by atoms with Gasteiger partial charge >= 0.3 is 5.00 Å². The van der Waals surface area contributed by atoms with E-state index in [1.807, 2.05) is 0 Å². The lowest BCUT2D eigenvalue weighted by Crippen LogP contribution is -2.35. The fraction of sp³-hybridized carbons (Fsp3) is 0.429. The predicted octanol–water partition coefficient (Wildman–Crippen LogP) is 1.28. The standard InChI is InChI=1S/C7H8F2N2O3S/c8-7(9,3-12)6(10)4-1-2-5(15-4)11(13)14/h1-2,6,12H,3,10H2/t6-/m1/s1. The Morgan fingerprint density at radius 2 is 2.27 bits per heavy atom. The number of alkyl halides is 2. The van der Waals surface area contributed by atoms with Gasteiger partial charge < -0.3 is 10.8 Å². The molecule has 0 aromatic carbocycles. The van der Waals surface area contributed by atoms with E-state index in [1.54, 1.807) is 0 Å². The molecule has 0 unspecified atom stereocenters. The van der Waals surface area contributed by atoms with Gasteiger partial charge in [0.1, 0.15) is 12.6 Å². The van der Waals surface area contributed by atoms with Gasteiger partial charge in [-0.2, -0.15) is 0 Å². The Labute approximate surface area is 87.3 Å². The Kier molecular flexibility index (Phi) is 3.32. The average molecular weight is 238 g/mol. The first-order valence-electron chi connectivity index (χ1n) is 3.87. The molecule has 1 aromatic heterocycles. The molecule has 0 amide bonds. The van der Waals surface area contributed by atoms with Crippen LogP contribution in [-0.2, 0) is 0 Å². The summed E-state index contributed by atoms with van der Waals surface area (Å²) in [4.78, 5) is 9.58. The van der Waals surface area contributed by atoms with Crippen LogP contribution in [0.25, 0.3) is 0 Å². The normalized spacial score (nSPS) is 13.9. The van der Waals surface area contributed by atoms with Crippen LogP contribution in [0.5, 0.6) is 0 Å². The van der Waals surface area contributed by atoms with Crippen molar-refractivity contribution in [1.29, 1.82) is 0 Å². The fourth-order valence-corrected chi connectivity index (χ4v) is 1.80. The Balaban J connectivity index is 2.92. The highest BCUT2D eigenvalue weighted by Crippen LogP contribution is 2.35. The third kappa shape index (κ3) is 2.46. The molecule has 0 bridgehead atoms. The second kappa shape index (κ2) is 4.17. The van der Waals surface area contributed by atoms with Crippen LogP contribution in [0.15, 0.2) is 12.1 Å². The van der Waals surface area contributed by atoms with Gasteiger partial charge in [-0.15, -0.1) is 0 Å². The molecule has 0 fully saturated rings. The van der Waals surface area contributed by atoms with Gasteiger partial charge in [-0.25, -0.2) is 8.78 Å². The molecule has 0 aliphatic heterocycles. The van der Waals surface area contributed by atoms with Crippen LogP contribution in [-0.4, -0.2) is 22.6 Å². The lowest BCUT2D eigenvalue weighted by molar-refractivity contribution is -0.380. The summed E-state index contributed by atoms with van der Waals surface area (Å²) >= 11 is 0.576. The Morgan fingerprint density at radius 3 is 2.67 bits per heavy atom. The maximum atomic E-state index is 12.9. The van der Waals surface area contributed by atoms with E-state index in [2.05, 4.69) is 0 Å². The summed E-state index contributed by atoms with van der Waals surface area (Å²) in [6.07, 6.45) is 0. The van der Waals surface area contributed by atoms with Gasteiger partial charge in [0.2, 0.25) is 0 Å². The molecule has 0 aliphatic rings. The lowest BCUT2D eigenvalue weighted by atomic mass is 10.1. The van der Waals surface area contributed by atoms with Crippen LogP contribution in [0.2, 0.25) is 0 Å². The van der Waals surface area contributed by atoms with E-state index in [1.165, 1.54) is 0 Å². The monoisotopic (exact) mass is 238 g/mol. The summed E-state index contributed by atoms with van der Waals surface area (Å²) in [5.41, 5.74) is 5.17. The highest BCUT2D eigenvalue weighted by molar-refractivity contribution is 7.15. The number of hydrogen-bond acceptors (Lipinski definition) is 5. The minimum absolute atomic E-state index is 0.0271. The Morgan fingerprint density at radius 1 is 1.67 bits per heavy atom. The zero-order valence-electron chi connectivity index (χ0n) is 7.39.